The van der Waals surface area contributed by atoms with Gasteiger partial charge in [0.1, 0.15) is 0 Å². The Morgan fingerprint density at radius 2 is 1.95 bits per heavy atom. The van der Waals surface area contributed by atoms with Crippen LogP contribution in [0.3, 0.4) is 0 Å². The molecule has 3 heteroatoms. The molecule has 0 spiro atoms. The maximum absolute atomic E-state index is 11.6. The Hall–Kier alpha value is -2.24. The molecule has 0 aromatic heterocycles. The Labute approximate surface area is 130 Å². The monoisotopic (exact) mass is 297 g/mol. The van der Waals surface area contributed by atoms with Crippen molar-refractivity contribution in [3.05, 3.63) is 70.2 Å². The van der Waals surface area contributed by atoms with Crippen molar-refractivity contribution in [2.45, 2.75) is 13.3 Å². The minimum atomic E-state index is -0.276. The van der Waals surface area contributed by atoms with Crippen molar-refractivity contribution < 1.29 is 4.79 Å². The Balaban J connectivity index is 1.81. The van der Waals surface area contributed by atoms with Crippen molar-refractivity contribution in [2.75, 3.05) is 6.54 Å². The van der Waals surface area contributed by atoms with Crippen LogP contribution >= 0.6 is 11.6 Å². The van der Waals surface area contributed by atoms with Gasteiger partial charge in [-0.25, -0.2) is 0 Å². The molecule has 0 fully saturated rings. The molecular weight excluding hydrogens is 282 g/mol. The second-order valence-electron chi connectivity index (χ2n) is 4.75. The van der Waals surface area contributed by atoms with Crippen LogP contribution in [-0.4, -0.2) is 12.5 Å². The number of nitrogens with one attached hydrogen (secondary N) is 1. The van der Waals surface area contributed by atoms with Crippen molar-refractivity contribution in [1.82, 2.24) is 5.32 Å². The zero-order valence-electron chi connectivity index (χ0n) is 11.8. The fraction of sp³-hybridized carbons (Fsp3) is 0.167. The largest absolute Gasteiger partial charge is 0.345 e. The number of rotatable bonds is 3. The molecule has 1 N–H and O–H groups in total. The highest BCUT2D eigenvalue weighted by Gasteiger charge is 1.97. The summed E-state index contributed by atoms with van der Waals surface area (Å²) in [7, 11) is 0. The van der Waals surface area contributed by atoms with Crippen LogP contribution < -0.4 is 5.32 Å². The van der Waals surface area contributed by atoms with Crippen LogP contribution in [0.1, 0.15) is 16.7 Å². The van der Waals surface area contributed by atoms with Gasteiger partial charge in [0.25, 0.3) is 5.91 Å². The lowest BCUT2D eigenvalue weighted by Crippen LogP contribution is -2.23. The lowest BCUT2D eigenvalue weighted by atomic mass is 10.1. The number of amides is 1. The normalized spacial score (nSPS) is 9.62. The quantitative estimate of drug-likeness (QED) is 0.865. The summed E-state index contributed by atoms with van der Waals surface area (Å²) < 4.78 is 0. The standard InChI is InChI=1S/C18H16ClNO/c1-14-5-7-15(8-6-14)11-12-20-18(21)10-9-16-3-2-4-17(19)13-16/h2-8,13H,11-12H2,1H3,(H,20,21). The first-order valence-corrected chi connectivity index (χ1v) is 7.12. The van der Waals surface area contributed by atoms with Gasteiger partial charge in [-0.3, -0.25) is 4.79 Å². The SMILES string of the molecule is Cc1ccc(CCNC(=O)C#Cc2cccc(Cl)c2)cc1. The van der Waals surface area contributed by atoms with Crippen molar-refractivity contribution >= 4 is 17.5 Å². The topological polar surface area (TPSA) is 29.1 Å². The van der Waals surface area contributed by atoms with Crippen molar-refractivity contribution in [3.8, 4) is 11.8 Å². The van der Waals surface area contributed by atoms with Gasteiger partial charge in [0, 0.05) is 23.1 Å². The first kappa shape index (κ1) is 15.2. The molecule has 106 valence electrons. The molecule has 0 aliphatic carbocycles. The van der Waals surface area contributed by atoms with Gasteiger partial charge in [0.2, 0.25) is 0 Å². The zero-order chi connectivity index (χ0) is 15.1. The van der Waals surface area contributed by atoms with Crippen LogP contribution in [0.25, 0.3) is 0 Å². The average molecular weight is 298 g/mol. The molecule has 2 nitrogen and oxygen atoms in total. The van der Waals surface area contributed by atoms with Gasteiger partial charge in [-0.1, -0.05) is 53.4 Å². The van der Waals surface area contributed by atoms with Gasteiger partial charge in [-0.2, -0.15) is 0 Å². The molecule has 2 aromatic rings. The summed E-state index contributed by atoms with van der Waals surface area (Å²) in [4.78, 5) is 11.6. The minimum Gasteiger partial charge on any atom is -0.345 e. The Kier molecular flexibility index (Phi) is 5.43. The summed E-state index contributed by atoms with van der Waals surface area (Å²) >= 11 is 5.85. The highest BCUT2D eigenvalue weighted by atomic mass is 35.5. The predicted octanol–water partition coefficient (Wildman–Crippen LogP) is 3.36. The number of halogens is 1. The Morgan fingerprint density at radius 1 is 1.19 bits per heavy atom. The molecule has 2 rings (SSSR count). The highest BCUT2D eigenvalue weighted by molar-refractivity contribution is 6.30. The third-order valence-corrected chi connectivity index (χ3v) is 3.20. The van der Waals surface area contributed by atoms with E-state index in [-0.39, 0.29) is 5.91 Å². The molecule has 21 heavy (non-hydrogen) atoms. The smallest absolute Gasteiger partial charge is 0.296 e. The van der Waals surface area contributed by atoms with Crippen molar-refractivity contribution in [2.24, 2.45) is 0 Å². The Bertz CT molecular complexity index is 680. The third-order valence-electron chi connectivity index (χ3n) is 2.96. The van der Waals surface area contributed by atoms with E-state index in [0.717, 1.165) is 12.0 Å². The van der Waals surface area contributed by atoms with E-state index in [9.17, 15) is 4.79 Å². The van der Waals surface area contributed by atoms with E-state index in [1.165, 1.54) is 11.1 Å². The molecule has 0 aliphatic rings. The van der Waals surface area contributed by atoms with E-state index >= 15 is 0 Å². The van der Waals surface area contributed by atoms with Crippen LogP contribution in [0, 0.1) is 18.8 Å². The minimum absolute atomic E-state index is 0.276. The van der Waals surface area contributed by atoms with E-state index in [1.807, 2.05) is 12.1 Å². The van der Waals surface area contributed by atoms with Gasteiger partial charge in [0.15, 0.2) is 0 Å². The summed E-state index contributed by atoms with van der Waals surface area (Å²) in [6.45, 7) is 2.63. The highest BCUT2D eigenvalue weighted by Crippen LogP contribution is 2.09. The molecule has 0 heterocycles. The second kappa shape index (κ2) is 7.52. The van der Waals surface area contributed by atoms with Crippen LogP contribution in [0.15, 0.2) is 48.5 Å². The van der Waals surface area contributed by atoms with Gasteiger partial charge >= 0.3 is 0 Å². The molecule has 0 atom stereocenters. The molecule has 0 unspecified atom stereocenters. The van der Waals surface area contributed by atoms with E-state index in [0.29, 0.717) is 11.6 Å². The van der Waals surface area contributed by atoms with Crippen LogP contribution in [0.4, 0.5) is 0 Å². The number of hydrogen-bond acceptors (Lipinski definition) is 1. The van der Waals surface area contributed by atoms with E-state index < -0.39 is 0 Å². The summed E-state index contributed by atoms with van der Waals surface area (Å²) in [5, 5.41) is 3.40. The second-order valence-corrected chi connectivity index (χ2v) is 5.19. The number of benzene rings is 2. The summed E-state index contributed by atoms with van der Waals surface area (Å²) in [6, 6.07) is 15.4. The molecule has 1 amide bonds. The molecule has 0 saturated heterocycles. The van der Waals surface area contributed by atoms with Crippen LogP contribution in [-0.2, 0) is 11.2 Å². The van der Waals surface area contributed by atoms with Crippen LogP contribution in [0.2, 0.25) is 5.02 Å². The molecule has 0 saturated carbocycles. The predicted molar refractivity (Wildman–Crippen MR) is 86.2 cm³/mol. The lowest BCUT2D eigenvalue weighted by Gasteiger charge is -2.02. The average Bonchev–Trinajstić information content (AvgIpc) is 2.47. The van der Waals surface area contributed by atoms with Crippen molar-refractivity contribution in [3.63, 3.8) is 0 Å². The summed E-state index contributed by atoms with van der Waals surface area (Å²) in [6.07, 6.45) is 0.796. The molecule has 0 radical (unpaired) electrons. The molecule has 2 aromatic carbocycles. The number of carbonyl (C=O) groups excluding carboxylic acids is 1. The first-order chi connectivity index (χ1) is 10.1. The fourth-order valence-corrected chi connectivity index (χ4v) is 2.00. The van der Waals surface area contributed by atoms with Gasteiger partial charge in [-0.05, 0) is 37.1 Å². The summed E-state index contributed by atoms with van der Waals surface area (Å²) in [5.41, 5.74) is 3.16. The van der Waals surface area contributed by atoms with E-state index in [1.54, 1.807) is 12.1 Å². The van der Waals surface area contributed by atoms with E-state index in [4.69, 9.17) is 11.6 Å². The third kappa shape index (κ3) is 5.33. The Morgan fingerprint density at radius 3 is 2.67 bits per heavy atom. The number of carbonyl (C=O) groups is 1. The zero-order valence-corrected chi connectivity index (χ0v) is 12.6. The maximum atomic E-state index is 11.6. The molecule has 0 aliphatic heterocycles. The first-order valence-electron chi connectivity index (χ1n) is 6.74. The fourth-order valence-electron chi connectivity index (χ4n) is 1.81. The number of aryl methyl sites for hydroxylation is 1. The van der Waals surface area contributed by atoms with Crippen LogP contribution in [0.5, 0.6) is 0 Å². The van der Waals surface area contributed by atoms with Crippen molar-refractivity contribution in [1.29, 1.82) is 0 Å². The lowest BCUT2D eigenvalue weighted by molar-refractivity contribution is -0.115. The maximum Gasteiger partial charge on any atom is 0.296 e. The van der Waals surface area contributed by atoms with Gasteiger partial charge in [0.05, 0.1) is 0 Å². The van der Waals surface area contributed by atoms with E-state index in [2.05, 4.69) is 48.3 Å². The van der Waals surface area contributed by atoms with Gasteiger partial charge in [-0.15, -0.1) is 0 Å². The molecule has 0 bridgehead atoms. The van der Waals surface area contributed by atoms with Gasteiger partial charge < -0.3 is 5.32 Å². The molecular formula is C18H16ClNO. The number of hydrogen-bond donors (Lipinski definition) is 1. The summed E-state index contributed by atoms with van der Waals surface area (Å²) in [5.74, 6) is 5.08.